The maximum Gasteiger partial charge on any atom is 0.407 e. The Morgan fingerprint density at radius 3 is 2.40 bits per heavy atom. The van der Waals surface area contributed by atoms with Crippen LogP contribution >= 0.6 is 0 Å². The molecule has 0 saturated heterocycles. The molecule has 0 radical (unpaired) electrons. The van der Waals surface area contributed by atoms with Crippen molar-refractivity contribution in [2.75, 3.05) is 6.61 Å². The minimum Gasteiger partial charge on any atom is -0.450 e. The number of hydrogen-bond donors (Lipinski definition) is 2. The summed E-state index contributed by atoms with van der Waals surface area (Å²) in [5.74, 6) is 0. The quantitative estimate of drug-likeness (QED) is 0.738. The summed E-state index contributed by atoms with van der Waals surface area (Å²) in [6.45, 7) is 9.40. The minimum absolute atomic E-state index is 0.107. The molecule has 1 aliphatic carbocycles. The average Bonchev–Trinajstić information content (AvgIpc) is 2.26. The molecule has 20 heavy (non-hydrogen) atoms. The van der Waals surface area contributed by atoms with Crippen molar-refractivity contribution in [1.82, 2.24) is 5.32 Å². The lowest BCUT2D eigenvalue weighted by Crippen LogP contribution is -2.52. The van der Waals surface area contributed by atoms with Gasteiger partial charge >= 0.3 is 6.09 Å². The van der Waals surface area contributed by atoms with E-state index in [4.69, 9.17) is 10.5 Å². The second-order valence-electron chi connectivity index (χ2n) is 7.59. The third-order valence-corrected chi connectivity index (χ3v) is 5.68. The molecule has 0 heterocycles. The summed E-state index contributed by atoms with van der Waals surface area (Å²) < 4.78 is 5.37. The fraction of sp³-hybridized carbons (Fsp3) is 0.933. The number of rotatable bonds is 6. The van der Waals surface area contributed by atoms with E-state index < -0.39 is 8.07 Å². The van der Waals surface area contributed by atoms with Crippen molar-refractivity contribution in [2.45, 2.75) is 82.7 Å². The average molecular weight is 301 g/mol. The molecule has 1 unspecified atom stereocenters. The van der Waals surface area contributed by atoms with Gasteiger partial charge in [0.15, 0.2) is 0 Å². The summed E-state index contributed by atoms with van der Waals surface area (Å²) in [5, 5.41) is 3.12. The predicted octanol–water partition coefficient (Wildman–Crippen LogP) is 3.49. The lowest BCUT2D eigenvalue weighted by Gasteiger charge is -2.39. The van der Waals surface area contributed by atoms with Gasteiger partial charge in [0.05, 0.1) is 6.61 Å². The van der Waals surface area contributed by atoms with Crippen LogP contribution in [0, 0.1) is 0 Å². The van der Waals surface area contributed by atoms with Crippen LogP contribution in [0.4, 0.5) is 4.79 Å². The van der Waals surface area contributed by atoms with Crippen LogP contribution in [0.25, 0.3) is 0 Å². The molecule has 3 N–H and O–H groups in total. The van der Waals surface area contributed by atoms with E-state index in [9.17, 15) is 4.79 Å². The first-order valence-corrected chi connectivity index (χ1v) is 11.6. The maximum absolute atomic E-state index is 12.0. The summed E-state index contributed by atoms with van der Waals surface area (Å²) in [6.07, 6.45) is 6.23. The molecule has 118 valence electrons. The number of carbonyl (C=O) groups is 1. The van der Waals surface area contributed by atoms with Gasteiger partial charge < -0.3 is 15.8 Å². The Kier molecular flexibility index (Phi) is 6.52. The van der Waals surface area contributed by atoms with Gasteiger partial charge in [-0.2, -0.15) is 0 Å². The van der Waals surface area contributed by atoms with E-state index in [1.165, 1.54) is 19.3 Å². The molecule has 1 atom stereocenters. The molecule has 0 aromatic rings. The number of carbonyl (C=O) groups excluding carboxylic acids is 1. The van der Waals surface area contributed by atoms with Gasteiger partial charge in [-0.1, -0.05) is 38.9 Å². The molecule has 0 aromatic carbocycles. The van der Waals surface area contributed by atoms with E-state index in [0.29, 0.717) is 6.61 Å². The third kappa shape index (κ3) is 6.75. The van der Waals surface area contributed by atoms with Crippen LogP contribution in [0.2, 0.25) is 25.7 Å². The van der Waals surface area contributed by atoms with Gasteiger partial charge in [0, 0.05) is 19.7 Å². The van der Waals surface area contributed by atoms with Crippen molar-refractivity contribution in [2.24, 2.45) is 5.73 Å². The van der Waals surface area contributed by atoms with Crippen molar-refractivity contribution in [3.05, 3.63) is 0 Å². The Labute approximate surface area is 124 Å². The summed E-state index contributed by atoms with van der Waals surface area (Å²) in [6, 6.07) is 1.12. The maximum atomic E-state index is 12.0. The van der Waals surface area contributed by atoms with Crippen molar-refractivity contribution in [3.8, 4) is 0 Å². The van der Waals surface area contributed by atoms with Crippen LogP contribution < -0.4 is 11.1 Å². The number of nitrogens with one attached hydrogen (secondary N) is 1. The van der Waals surface area contributed by atoms with Gasteiger partial charge in [-0.15, -0.1) is 0 Å². The van der Waals surface area contributed by atoms with Crippen LogP contribution in [0.3, 0.4) is 0 Å². The zero-order valence-electron chi connectivity index (χ0n) is 13.6. The zero-order valence-corrected chi connectivity index (χ0v) is 14.6. The largest absolute Gasteiger partial charge is 0.450 e. The molecule has 0 aliphatic heterocycles. The number of hydrogen-bond acceptors (Lipinski definition) is 3. The van der Waals surface area contributed by atoms with E-state index in [2.05, 4.69) is 25.0 Å². The standard InChI is InChI=1S/C15H32N2O2Si/c1-13(16)12-15(8-6-5-7-9-15)17-14(18)19-10-11-20(2,3)4/h13H,5-12,16H2,1-4H3,(H,17,18). The molecule has 1 saturated carbocycles. The highest BCUT2D eigenvalue weighted by Crippen LogP contribution is 2.32. The summed E-state index contributed by atoms with van der Waals surface area (Å²) >= 11 is 0. The fourth-order valence-electron chi connectivity index (χ4n) is 2.93. The van der Waals surface area contributed by atoms with E-state index in [0.717, 1.165) is 25.3 Å². The third-order valence-electron chi connectivity index (χ3n) is 3.98. The molecule has 4 nitrogen and oxygen atoms in total. The molecular weight excluding hydrogens is 268 g/mol. The summed E-state index contributed by atoms with van der Waals surface area (Å²) in [5.41, 5.74) is 5.82. The molecule has 1 rings (SSSR count). The normalized spacial score (nSPS) is 20.2. The van der Waals surface area contributed by atoms with Crippen molar-refractivity contribution < 1.29 is 9.53 Å². The van der Waals surface area contributed by atoms with E-state index in [1.807, 2.05) is 6.92 Å². The molecule has 5 heteroatoms. The van der Waals surface area contributed by atoms with Crippen molar-refractivity contribution in [3.63, 3.8) is 0 Å². The smallest absolute Gasteiger partial charge is 0.407 e. The van der Waals surface area contributed by atoms with Crippen molar-refractivity contribution in [1.29, 1.82) is 0 Å². The highest BCUT2D eigenvalue weighted by atomic mass is 28.3. The van der Waals surface area contributed by atoms with Gasteiger partial charge in [0.25, 0.3) is 0 Å². The van der Waals surface area contributed by atoms with Crippen LogP contribution in [0.1, 0.15) is 45.4 Å². The molecule has 0 spiro atoms. The number of nitrogens with two attached hydrogens (primary N) is 1. The number of ether oxygens (including phenoxy) is 1. The Bertz CT molecular complexity index is 307. The Hall–Kier alpha value is -0.553. The van der Waals surface area contributed by atoms with Crippen LogP contribution in [-0.2, 0) is 4.74 Å². The first kappa shape index (κ1) is 17.5. The monoisotopic (exact) mass is 300 g/mol. The molecule has 1 fully saturated rings. The molecule has 0 aromatic heterocycles. The van der Waals surface area contributed by atoms with Crippen molar-refractivity contribution >= 4 is 14.2 Å². The zero-order chi connectivity index (χ0) is 15.2. The first-order valence-electron chi connectivity index (χ1n) is 7.93. The topological polar surface area (TPSA) is 64.3 Å². The van der Waals surface area contributed by atoms with E-state index in [-0.39, 0.29) is 17.7 Å². The number of alkyl carbamates (subject to hydrolysis) is 1. The highest BCUT2D eigenvalue weighted by molar-refractivity contribution is 6.76. The Morgan fingerprint density at radius 2 is 1.90 bits per heavy atom. The van der Waals surface area contributed by atoms with Gasteiger partial charge in [0.2, 0.25) is 0 Å². The first-order chi connectivity index (χ1) is 9.22. The summed E-state index contributed by atoms with van der Waals surface area (Å²) in [7, 11) is -1.15. The van der Waals surface area contributed by atoms with Crippen LogP contribution in [0.15, 0.2) is 0 Å². The second kappa shape index (κ2) is 7.45. The second-order valence-corrected chi connectivity index (χ2v) is 13.2. The van der Waals surface area contributed by atoms with Gasteiger partial charge in [-0.05, 0) is 32.2 Å². The van der Waals surface area contributed by atoms with Gasteiger partial charge in [-0.25, -0.2) is 4.79 Å². The van der Waals surface area contributed by atoms with E-state index >= 15 is 0 Å². The summed E-state index contributed by atoms with van der Waals surface area (Å²) in [4.78, 5) is 12.0. The van der Waals surface area contributed by atoms with Crippen LogP contribution in [-0.4, -0.2) is 32.4 Å². The minimum atomic E-state index is -1.15. The molecule has 1 amide bonds. The predicted molar refractivity (Wildman–Crippen MR) is 86.7 cm³/mol. The Balaban J connectivity index is 2.46. The Morgan fingerprint density at radius 1 is 1.30 bits per heavy atom. The molecule has 1 aliphatic rings. The fourth-order valence-corrected chi connectivity index (χ4v) is 3.64. The van der Waals surface area contributed by atoms with Gasteiger partial charge in [0.1, 0.15) is 0 Å². The molecular formula is C15H32N2O2Si. The number of amides is 1. The highest BCUT2D eigenvalue weighted by Gasteiger charge is 2.34. The molecule has 0 bridgehead atoms. The van der Waals surface area contributed by atoms with E-state index in [1.54, 1.807) is 0 Å². The lowest BCUT2D eigenvalue weighted by atomic mass is 9.78. The SMILES string of the molecule is CC(N)CC1(NC(=O)OCC[Si](C)(C)C)CCCCC1. The van der Waals surface area contributed by atoms with Crippen LogP contribution in [0.5, 0.6) is 0 Å². The lowest BCUT2D eigenvalue weighted by molar-refractivity contribution is 0.123. The van der Waals surface area contributed by atoms with Gasteiger partial charge in [-0.3, -0.25) is 0 Å².